The molecule has 0 unspecified atom stereocenters. The van der Waals surface area contributed by atoms with Crippen LogP contribution in [0.2, 0.25) is 0 Å². The van der Waals surface area contributed by atoms with Gasteiger partial charge in [0, 0.05) is 12.1 Å². The molecule has 0 radical (unpaired) electrons. The van der Waals surface area contributed by atoms with Crippen molar-refractivity contribution >= 4 is 11.0 Å². The molecule has 3 aromatic rings. The molecule has 0 saturated carbocycles. The fourth-order valence-corrected chi connectivity index (χ4v) is 2.44. The first-order chi connectivity index (χ1) is 10.1. The van der Waals surface area contributed by atoms with Crippen LogP contribution in [0.1, 0.15) is 25.5 Å². The molecule has 3 rings (SSSR count). The summed E-state index contributed by atoms with van der Waals surface area (Å²) in [5.74, 6) is 0.764. The van der Waals surface area contributed by atoms with Crippen molar-refractivity contribution in [1.29, 1.82) is 0 Å². The Kier molecular flexibility index (Phi) is 3.52. The monoisotopic (exact) mass is 282 g/mol. The maximum absolute atomic E-state index is 11.9. The standard InChI is InChI=1S/C17H18N2O2/c1-12(2)19-16-10-14(8-9-15(16)18-17(19)20)21-11-13-6-4-3-5-7-13/h3-10,12H,11H2,1-2H3,(H,18,20). The lowest BCUT2D eigenvalue weighted by Gasteiger charge is -2.09. The summed E-state index contributed by atoms with van der Waals surface area (Å²) in [6, 6.07) is 15.8. The summed E-state index contributed by atoms with van der Waals surface area (Å²) in [5, 5.41) is 0. The van der Waals surface area contributed by atoms with Crippen LogP contribution in [-0.2, 0) is 6.61 Å². The van der Waals surface area contributed by atoms with Crippen molar-refractivity contribution in [2.75, 3.05) is 0 Å². The molecule has 0 aliphatic carbocycles. The van der Waals surface area contributed by atoms with Crippen LogP contribution in [0, 0.1) is 0 Å². The number of nitrogens with zero attached hydrogens (tertiary/aromatic N) is 1. The molecule has 0 atom stereocenters. The van der Waals surface area contributed by atoms with Crippen LogP contribution in [-0.4, -0.2) is 9.55 Å². The van der Waals surface area contributed by atoms with Gasteiger partial charge in [-0.25, -0.2) is 4.79 Å². The Labute approximate surface area is 123 Å². The molecule has 21 heavy (non-hydrogen) atoms. The van der Waals surface area contributed by atoms with Crippen LogP contribution >= 0.6 is 0 Å². The molecule has 1 aromatic heterocycles. The summed E-state index contributed by atoms with van der Waals surface area (Å²) in [4.78, 5) is 14.8. The number of nitrogens with one attached hydrogen (secondary N) is 1. The smallest absolute Gasteiger partial charge is 0.326 e. The molecule has 0 aliphatic heterocycles. The van der Waals surface area contributed by atoms with E-state index >= 15 is 0 Å². The molecule has 0 saturated heterocycles. The van der Waals surface area contributed by atoms with E-state index in [0.717, 1.165) is 22.3 Å². The number of hydrogen-bond acceptors (Lipinski definition) is 2. The van der Waals surface area contributed by atoms with Crippen molar-refractivity contribution in [3.8, 4) is 5.75 Å². The quantitative estimate of drug-likeness (QED) is 0.796. The fraction of sp³-hybridized carbons (Fsp3) is 0.235. The van der Waals surface area contributed by atoms with E-state index in [-0.39, 0.29) is 11.7 Å². The highest BCUT2D eigenvalue weighted by Gasteiger charge is 2.10. The second-order valence-corrected chi connectivity index (χ2v) is 5.35. The second-order valence-electron chi connectivity index (χ2n) is 5.35. The maximum Gasteiger partial charge on any atom is 0.326 e. The first-order valence-corrected chi connectivity index (χ1v) is 7.06. The highest BCUT2D eigenvalue weighted by molar-refractivity contribution is 5.77. The van der Waals surface area contributed by atoms with E-state index in [2.05, 4.69) is 4.98 Å². The number of H-pyrrole nitrogens is 1. The van der Waals surface area contributed by atoms with E-state index in [1.165, 1.54) is 0 Å². The second kappa shape index (κ2) is 5.48. The number of ether oxygens (including phenoxy) is 1. The van der Waals surface area contributed by atoms with Gasteiger partial charge in [-0.2, -0.15) is 0 Å². The van der Waals surface area contributed by atoms with Gasteiger partial charge in [0.25, 0.3) is 0 Å². The fourth-order valence-electron chi connectivity index (χ4n) is 2.44. The Bertz CT molecular complexity index is 801. The zero-order chi connectivity index (χ0) is 14.8. The number of fused-ring (bicyclic) bond motifs is 1. The van der Waals surface area contributed by atoms with E-state index in [1.54, 1.807) is 4.57 Å². The molecular weight excluding hydrogens is 264 g/mol. The number of aromatic nitrogens is 2. The van der Waals surface area contributed by atoms with Crippen molar-refractivity contribution in [1.82, 2.24) is 9.55 Å². The number of hydrogen-bond donors (Lipinski definition) is 1. The molecule has 108 valence electrons. The van der Waals surface area contributed by atoms with Gasteiger partial charge in [-0.05, 0) is 31.5 Å². The van der Waals surface area contributed by atoms with Crippen LogP contribution in [0.5, 0.6) is 5.75 Å². The molecule has 0 amide bonds. The summed E-state index contributed by atoms with van der Waals surface area (Å²) in [6.45, 7) is 4.50. The van der Waals surface area contributed by atoms with Crippen LogP contribution < -0.4 is 10.4 Å². The number of imidazole rings is 1. The molecule has 1 N–H and O–H groups in total. The summed E-state index contributed by atoms with van der Waals surface area (Å²) < 4.78 is 7.56. The lowest BCUT2D eigenvalue weighted by atomic mass is 10.2. The highest BCUT2D eigenvalue weighted by Crippen LogP contribution is 2.21. The van der Waals surface area contributed by atoms with Gasteiger partial charge >= 0.3 is 5.69 Å². The lowest BCUT2D eigenvalue weighted by Crippen LogP contribution is -2.18. The van der Waals surface area contributed by atoms with Gasteiger partial charge in [0.15, 0.2) is 0 Å². The maximum atomic E-state index is 11.9. The van der Waals surface area contributed by atoms with Crippen LogP contribution in [0.3, 0.4) is 0 Å². The predicted molar refractivity (Wildman–Crippen MR) is 83.7 cm³/mol. The minimum atomic E-state index is -0.0831. The minimum Gasteiger partial charge on any atom is -0.489 e. The lowest BCUT2D eigenvalue weighted by molar-refractivity contribution is 0.306. The molecule has 0 bridgehead atoms. The van der Waals surface area contributed by atoms with Gasteiger partial charge in [0.1, 0.15) is 12.4 Å². The molecule has 4 nitrogen and oxygen atoms in total. The molecular formula is C17H18N2O2. The zero-order valence-electron chi connectivity index (χ0n) is 12.2. The topological polar surface area (TPSA) is 47.0 Å². The molecule has 0 spiro atoms. The third-order valence-corrected chi connectivity index (χ3v) is 3.45. The van der Waals surface area contributed by atoms with Crippen molar-refractivity contribution in [3.63, 3.8) is 0 Å². The van der Waals surface area contributed by atoms with Gasteiger partial charge in [-0.15, -0.1) is 0 Å². The minimum absolute atomic E-state index is 0.0831. The first-order valence-electron chi connectivity index (χ1n) is 7.06. The molecule has 0 fully saturated rings. The normalized spacial score (nSPS) is 11.2. The van der Waals surface area contributed by atoms with Crippen molar-refractivity contribution in [3.05, 3.63) is 64.6 Å². The molecule has 1 heterocycles. The average Bonchev–Trinajstić information content (AvgIpc) is 2.81. The van der Waals surface area contributed by atoms with Gasteiger partial charge in [-0.1, -0.05) is 30.3 Å². The van der Waals surface area contributed by atoms with E-state index in [1.807, 2.05) is 62.4 Å². The van der Waals surface area contributed by atoms with Gasteiger partial charge in [-0.3, -0.25) is 4.57 Å². The zero-order valence-corrected chi connectivity index (χ0v) is 12.2. The van der Waals surface area contributed by atoms with E-state index in [9.17, 15) is 4.79 Å². The third-order valence-electron chi connectivity index (χ3n) is 3.45. The van der Waals surface area contributed by atoms with Crippen LogP contribution in [0.4, 0.5) is 0 Å². The molecule has 4 heteroatoms. The largest absolute Gasteiger partial charge is 0.489 e. The van der Waals surface area contributed by atoms with E-state index < -0.39 is 0 Å². The van der Waals surface area contributed by atoms with Crippen LogP contribution in [0.25, 0.3) is 11.0 Å². The number of aromatic amines is 1. The SMILES string of the molecule is CC(C)n1c(=O)[nH]c2ccc(OCc3ccccc3)cc21. The summed E-state index contributed by atoms with van der Waals surface area (Å²) in [6.07, 6.45) is 0. The van der Waals surface area contributed by atoms with Gasteiger partial charge in [0.05, 0.1) is 11.0 Å². The van der Waals surface area contributed by atoms with Gasteiger partial charge < -0.3 is 9.72 Å². The Morgan fingerprint density at radius 2 is 1.90 bits per heavy atom. The van der Waals surface area contributed by atoms with E-state index in [0.29, 0.717) is 6.61 Å². The Hall–Kier alpha value is -2.49. The van der Waals surface area contributed by atoms with Crippen LogP contribution in [0.15, 0.2) is 53.3 Å². The Morgan fingerprint density at radius 3 is 2.62 bits per heavy atom. The van der Waals surface area contributed by atoms with Gasteiger partial charge in [0.2, 0.25) is 0 Å². The Balaban J connectivity index is 1.90. The molecule has 0 aliphatic rings. The molecule has 2 aromatic carbocycles. The average molecular weight is 282 g/mol. The predicted octanol–water partition coefficient (Wildman–Crippen LogP) is 3.49. The summed E-state index contributed by atoms with van der Waals surface area (Å²) >= 11 is 0. The highest BCUT2D eigenvalue weighted by atomic mass is 16.5. The van der Waals surface area contributed by atoms with E-state index in [4.69, 9.17) is 4.74 Å². The third kappa shape index (κ3) is 2.70. The van der Waals surface area contributed by atoms with Crippen molar-refractivity contribution in [2.45, 2.75) is 26.5 Å². The summed E-state index contributed by atoms with van der Waals surface area (Å²) in [7, 11) is 0. The summed E-state index contributed by atoms with van der Waals surface area (Å²) in [5.41, 5.74) is 2.74. The Morgan fingerprint density at radius 1 is 1.14 bits per heavy atom. The van der Waals surface area contributed by atoms with Crippen molar-refractivity contribution < 1.29 is 4.74 Å². The first kappa shape index (κ1) is 13.5. The number of rotatable bonds is 4. The van der Waals surface area contributed by atoms with Crippen molar-refractivity contribution in [2.24, 2.45) is 0 Å². The number of benzene rings is 2.